The summed E-state index contributed by atoms with van der Waals surface area (Å²) >= 11 is 0. The summed E-state index contributed by atoms with van der Waals surface area (Å²) in [4.78, 5) is 11.9. The first kappa shape index (κ1) is 14.9. The van der Waals surface area contributed by atoms with E-state index in [1.54, 1.807) is 0 Å². The number of amides is 1. The Bertz CT molecular complexity index is 448. The van der Waals surface area contributed by atoms with Gasteiger partial charge in [0.15, 0.2) is 0 Å². The van der Waals surface area contributed by atoms with Gasteiger partial charge < -0.3 is 15.7 Å². The Kier molecular flexibility index (Phi) is 4.65. The Morgan fingerprint density at radius 3 is 2.50 bits per heavy atom. The summed E-state index contributed by atoms with van der Waals surface area (Å²) in [5.41, 5.74) is 1.56. The van der Waals surface area contributed by atoms with Gasteiger partial charge in [0.25, 0.3) is 5.91 Å². The molecular formula is C16H24N2O2. The maximum absolute atomic E-state index is 11.9. The van der Waals surface area contributed by atoms with Crippen LogP contribution in [0.1, 0.15) is 43.5 Å². The highest BCUT2D eigenvalue weighted by Gasteiger charge is 2.24. The molecule has 0 saturated heterocycles. The highest BCUT2D eigenvalue weighted by Crippen LogP contribution is 2.22. The van der Waals surface area contributed by atoms with Crippen LogP contribution in [0.25, 0.3) is 0 Å². The first-order valence-corrected chi connectivity index (χ1v) is 7.32. The van der Waals surface area contributed by atoms with Crippen molar-refractivity contribution < 1.29 is 9.90 Å². The van der Waals surface area contributed by atoms with E-state index in [9.17, 15) is 9.90 Å². The lowest BCUT2D eigenvalue weighted by Gasteiger charge is -2.26. The summed E-state index contributed by atoms with van der Waals surface area (Å²) in [6.45, 7) is 5.01. The van der Waals surface area contributed by atoms with Crippen LogP contribution >= 0.6 is 0 Å². The van der Waals surface area contributed by atoms with Gasteiger partial charge in [0, 0.05) is 29.3 Å². The van der Waals surface area contributed by atoms with Gasteiger partial charge in [0.2, 0.25) is 0 Å². The minimum absolute atomic E-state index is 0.00723. The van der Waals surface area contributed by atoms with Crippen LogP contribution in [-0.2, 0) is 0 Å². The van der Waals surface area contributed by atoms with Gasteiger partial charge in [-0.1, -0.05) is 13.8 Å². The molecule has 1 fully saturated rings. The number of hydrogen-bond acceptors (Lipinski definition) is 3. The van der Waals surface area contributed by atoms with Gasteiger partial charge in [-0.3, -0.25) is 4.79 Å². The molecule has 1 amide bonds. The van der Waals surface area contributed by atoms with Crippen LogP contribution in [-0.4, -0.2) is 30.2 Å². The van der Waals surface area contributed by atoms with Crippen molar-refractivity contribution in [2.45, 2.75) is 39.2 Å². The molecule has 0 bridgehead atoms. The van der Waals surface area contributed by atoms with E-state index in [1.165, 1.54) is 0 Å². The molecule has 1 saturated carbocycles. The van der Waals surface area contributed by atoms with E-state index in [0.29, 0.717) is 18.2 Å². The Hall–Kier alpha value is -1.55. The van der Waals surface area contributed by atoms with E-state index in [4.69, 9.17) is 0 Å². The van der Waals surface area contributed by atoms with E-state index >= 15 is 0 Å². The molecule has 4 nitrogen and oxygen atoms in total. The Morgan fingerprint density at radius 1 is 1.35 bits per heavy atom. The lowest BCUT2D eigenvalue weighted by molar-refractivity contribution is 0.0951. The van der Waals surface area contributed by atoms with Crippen molar-refractivity contribution in [3.63, 3.8) is 0 Å². The van der Waals surface area contributed by atoms with Crippen LogP contribution in [0.4, 0.5) is 5.69 Å². The molecule has 1 atom stereocenters. The van der Waals surface area contributed by atoms with E-state index in [-0.39, 0.29) is 17.9 Å². The molecule has 0 aliphatic heterocycles. The van der Waals surface area contributed by atoms with Gasteiger partial charge in [-0.25, -0.2) is 0 Å². The third kappa shape index (κ3) is 3.97. The monoisotopic (exact) mass is 276 g/mol. The highest BCUT2D eigenvalue weighted by molar-refractivity contribution is 5.94. The Labute approximate surface area is 120 Å². The maximum Gasteiger partial charge on any atom is 0.251 e. The zero-order valence-electron chi connectivity index (χ0n) is 12.3. The summed E-state index contributed by atoms with van der Waals surface area (Å²) in [6, 6.07) is 7.88. The number of aliphatic hydroxyl groups is 1. The van der Waals surface area contributed by atoms with Gasteiger partial charge >= 0.3 is 0 Å². The third-order valence-corrected chi connectivity index (χ3v) is 4.01. The predicted octanol–water partition coefficient (Wildman–Crippen LogP) is 2.40. The number of hydrogen-bond donors (Lipinski definition) is 3. The fourth-order valence-electron chi connectivity index (χ4n) is 1.84. The molecule has 110 valence electrons. The molecular weight excluding hydrogens is 252 g/mol. The van der Waals surface area contributed by atoms with Crippen molar-refractivity contribution in [2.75, 3.05) is 18.5 Å². The molecule has 1 aliphatic rings. The molecule has 1 aliphatic carbocycles. The second-order valence-corrected chi connectivity index (χ2v) is 6.00. The number of carbonyl (C=O) groups is 1. The summed E-state index contributed by atoms with van der Waals surface area (Å²) < 4.78 is 0. The lowest BCUT2D eigenvalue weighted by atomic mass is 9.88. The average Bonchev–Trinajstić information content (AvgIpc) is 3.29. The fraction of sp³-hybridized carbons (Fsp3) is 0.562. The van der Waals surface area contributed by atoms with Crippen LogP contribution < -0.4 is 10.6 Å². The quantitative estimate of drug-likeness (QED) is 0.716. The van der Waals surface area contributed by atoms with Crippen molar-refractivity contribution in [3.05, 3.63) is 29.8 Å². The molecule has 0 spiro atoms. The van der Waals surface area contributed by atoms with Gasteiger partial charge in [-0.15, -0.1) is 0 Å². The molecule has 0 aromatic heterocycles. The second kappa shape index (κ2) is 6.27. The maximum atomic E-state index is 11.9. The lowest BCUT2D eigenvalue weighted by Crippen LogP contribution is -2.29. The van der Waals surface area contributed by atoms with Gasteiger partial charge in [0.05, 0.1) is 6.61 Å². The second-order valence-electron chi connectivity index (χ2n) is 6.00. The minimum atomic E-state index is -0.109. The van der Waals surface area contributed by atoms with Gasteiger partial charge in [-0.05, 0) is 43.5 Å². The molecule has 0 heterocycles. The highest BCUT2D eigenvalue weighted by atomic mass is 16.3. The van der Waals surface area contributed by atoms with E-state index in [2.05, 4.69) is 24.5 Å². The standard InChI is InChI=1S/C16H24N2O2/c1-3-16(2,11-19)10-17-13-6-4-12(5-7-13)15(20)18-14-8-9-14/h4-7,14,17,19H,3,8-11H2,1-2H3,(H,18,20). The van der Waals surface area contributed by atoms with Crippen LogP contribution in [0.3, 0.4) is 0 Å². The zero-order valence-corrected chi connectivity index (χ0v) is 12.3. The third-order valence-electron chi connectivity index (χ3n) is 4.01. The Balaban J connectivity index is 1.89. The van der Waals surface area contributed by atoms with Crippen molar-refractivity contribution in [1.29, 1.82) is 0 Å². The number of nitrogens with one attached hydrogen (secondary N) is 2. The number of anilines is 1. The first-order chi connectivity index (χ1) is 9.56. The topological polar surface area (TPSA) is 61.4 Å². The Morgan fingerprint density at radius 2 is 2.00 bits per heavy atom. The summed E-state index contributed by atoms with van der Waals surface area (Å²) in [5.74, 6) is 0.00723. The summed E-state index contributed by atoms with van der Waals surface area (Å²) in [5, 5.41) is 15.7. The van der Waals surface area contributed by atoms with Crippen molar-refractivity contribution >= 4 is 11.6 Å². The minimum Gasteiger partial charge on any atom is -0.396 e. The van der Waals surface area contributed by atoms with Crippen molar-refractivity contribution in [3.8, 4) is 0 Å². The number of benzene rings is 1. The molecule has 4 heteroatoms. The largest absolute Gasteiger partial charge is 0.396 e. The molecule has 0 radical (unpaired) electrons. The van der Waals surface area contributed by atoms with Gasteiger partial charge in [0.1, 0.15) is 0 Å². The number of aliphatic hydroxyl groups excluding tert-OH is 1. The summed E-state index contributed by atoms with van der Waals surface area (Å²) in [7, 11) is 0. The van der Waals surface area contributed by atoms with Gasteiger partial charge in [-0.2, -0.15) is 0 Å². The number of rotatable bonds is 7. The molecule has 20 heavy (non-hydrogen) atoms. The number of carbonyl (C=O) groups excluding carboxylic acids is 1. The fourth-order valence-corrected chi connectivity index (χ4v) is 1.84. The molecule has 2 rings (SSSR count). The first-order valence-electron chi connectivity index (χ1n) is 7.32. The van der Waals surface area contributed by atoms with E-state index in [0.717, 1.165) is 24.9 Å². The SMILES string of the molecule is CCC(C)(CO)CNc1ccc(C(=O)NC2CC2)cc1. The normalized spacial score (nSPS) is 17.4. The van der Waals surface area contributed by atoms with Crippen molar-refractivity contribution in [1.82, 2.24) is 5.32 Å². The molecule has 1 aromatic carbocycles. The van der Waals surface area contributed by atoms with Crippen LogP contribution in [0.2, 0.25) is 0 Å². The van der Waals surface area contributed by atoms with Crippen LogP contribution in [0.15, 0.2) is 24.3 Å². The zero-order chi connectivity index (χ0) is 14.6. The predicted molar refractivity (Wildman–Crippen MR) is 80.9 cm³/mol. The van der Waals surface area contributed by atoms with Crippen LogP contribution in [0.5, 0.6) is 0 Å². The molecule has 1 unspecified atom stereocenters. The summed E-state index contributed by atoms with van der Waals surface area (Å²) in [6.07, 6.45) is 3.11. The average molecular weight is 276 g/mol. The van der Waals surface area contributed by atoms with Crippen LogP contribution in [0, 0.1) is 5.41 Å². The van der Waals surface area contributed by atoms with E-state index < -0.39 is 0 Å². The molecule has 3 N–H and O–H groups in total. The van der Waals surface area contributed by atoms with Crippen molar-refractivity contribution in [2.24, 2.45) is 5.41 Å². The van der Waals surface area contributed by atoms with E-state index in [1.807, 2.05) is 24.3 Å². The smallest absolute Gasteiger partial charge is 0.251 e. The molecule has 1 aromatic rings.